The maximum absolute atomic E-state index is 10.7. The highest BCUT2D eigenvalue weighted by Crippen LogP contribution is 2.23. The van der Waals surface area contributed by atoms with Gasteiger partial charge in [0.2, 0.25) is 0 Å². The minimum Gasteiger partial charge on any atom is -0.358 e. The molecule has 0 amide bonds. The Bertz CT molecular complexity index is 626. The minimum atomic E-state index is -0.576. The zero-order chi connectivity index (χ0) is 14.2. The lowest BCUT2D eigenvalue weighted by atomic mass is 10.00. The lowest BCUT2D eigenvalue weighted by molar-refractivity contribution is -0.389. The molecule has 0 atom stereocenters. The topological polar surface area (TPSA) is 61.0 Å². The van der Waals surface area contributed by atoms with Crippen molar-refractivity contribution < 1.29 is 4.92 Å². The van der Waals surface area contributed by atoms with E-state index in [9.17, 15) is 10.1 Å². The fraction of sp³-hybridized carbons (Fsp3) is 0.308. The standard InChI is InChI=1S/C13H14ClN3O2/c1-8-4-9(2)11(10(3)5-8)6-16-7-12(14)13(15-16)17(18)19/h4-5,7H,6H2,1-3H3. The van der Waals surface area contributed by atoms with Crippen LogP contribution in [0.5, 0.6) is 0 Å². The molecule has 2 aromatic rings. The number of aryl methyl sites for hydroxylation is 3. The molecule has 0 saturated carbocycles. The van der Waals surface area contributed by atoms with E-state index in [0.29, 0.717) is 6.54 Å². The minimum absolute atomic E-state index is 0.0624. The van der Waals surface area contributed by atoms with Crippen LogP contribution in [0, 0.1) is 30.9 Å². The van der Waals surface area contributed by atoms with Gasteiger partial charge in [-0.3, -0.25) is 0 Å². The molecule has 1 aromatic heterocycles. The van der Waals surface area contributed by atoms with Crippen molar-refractivity contribution in [3.8, 4) is 0 Å². The quantitative estimate of drug-likeness (QED) is 0.639. The lowest BCUT2D eigenvalue weighted by Crippen LogP contribution is -2.05. The molecule has 0 unspecified atom stereocenters. The largest absolute Gasteiger partial charge is 0.408 e. The summed E-state index contributed by atoms with van der Waals surface area (Å²) in [6, 6.07) is 4.17. The number of benzene rings is 1. The molecule has 0 aliphatic rings. The third kappa shape index (κ3) is 2.76. The molecule has 1 aromatic carbocycles. The first kappa shape index (κ1) is 13.5. The van der Waals surface area contributed by atoms with Gasteiger partial charge in [0.25, 0.3) is 0 Å². The normalized spacial score (nSPS) is 10.7. The van der Waals surface area contributed by atoms with E-state index in [1.807, 2.05) is 20.8 Å². The van der Waals surface area contributed by atoms with Gasteiger partial charge >= 0.3 is 5.82 Å². The molecule has 0 fully saturated rings. The molecule has 2 rings (SSSR count). The predicted molar refractivity (Wildman–Crippen MR) is 73.6 cm³/mol. The van der Waals surface area contributed by atoms with Crippen LogP contribution in [-0.2, 0) is 6.54 Å². The molecule has 6 heteroatoms. The van der Waals surface area contributed by atoms with Crippen molar-refractivity contribution in [3.63, 3.8) is 0 Å². The second-order valence-corrected chi connectivity index (χ2v) is 5.04. The molecular formula is C13H14ClN3O2. The van der Waals surface area contributed by atoms with Gasteiger partial charge in [-0.2, -0.15) is 4.68 Å². The summed E-state index contributed by atoms with van der Waals surface area (Å²) in [5, 5.41) is 14.7. The highest BCUT2D eigenvalue weighted by atomic mass is 35.5. The summed E-state index contributed by atoms with van der Waals surface area (Å²) in [6.45, 7) is 6.56. The van der Waals surface area contributed by atoms with Crippen LogP contribution in [0.15, 0.2) is 18.3 Å². The fourth-order valence-electron chi connectivity index (χ4n) is 2.21. The molecule has 0 aliphatic carbocycles. The molecule has 0 saturated heterocycles. The van der Waals surface area contributed by atoms with E-state index in [2.05, 4.69) is 17.2 Å². The molecule has 0 spiro atoms. The predicted octanol–water partition coefficient (Wildman–Crippen LogP) is 3.42. The van der Waals surface area contributed by atoms with Crippen molar-refractivity contribution in [3.05, 3.63) is 55.7 Å². The Morgan fingerprint density at radius 3 is 2.37 bits per heavy atom. The molecule has 0 aliphatic heterocycles. The van der Waals surface area contributed by atoms with E-state index in [1.165, 1.54) is 16.4 Å². The SMILES string of the molecule is Cc1cc(C)c(Cn2cc(Cl)c([N+](=O)[O-])n2)c(C)c1. The molecule has 0 N–H and O–H groups in total. The van der Waals surface area contributed by atoms with Crippen LogP contribution in [0.3, 0.4) is 0 Å². The number of aromatic nitrogens is 2. The molecule has 19 heavy (non-hydrogen) atoms. The molecule has 0 bridgehead atoms. The fourth-order valence-corrected chi connectivity index (χ4v) is 2.43. The van der Waals surface area contributed by atoms with Gasteiger partial charge in [-0.05, 0) is 42.4 Å². The number of nitro groups is 1. The van der Waals surface area contributed by atoms with E-state index >= 15 is 0 Å². The highest BCUT2D eigenvalue weighted by Gasteiger charge is 2.19. The van der Waals surface area contributed by atoms with Crippen LogP contribution in [0.4, 0.5) is 5.82 Å². The molecular weight excluding hydrogens is 266 g/mol. The maximum atomic E-state index is 10.7. The Kier molecular flexibility index (Phi) is 3.57. The Morgan fingerprint density at radius 2 is 1.89 bits per heavy atom. The van der Waals surface area contributed by atoms with Gasteiger partial charge < -0.3 is 10.1 Å². The lowest BCUT2D eigenvalue weighted by Gasteiger charge is -2.09. The van der Waals surface area contributed by atoms with E-state index in [-0.39, 0.29) is 10.8 Å². The van der Waals surface area contributed by atoms with E-state index < -0.39 is 4.92 Å². The van der Waals surface area contributed by atoms with Gasteiger partial charge in [-0.15, -0.1) is 0 Å². The van der Waals surface area contributed by atoms with E-state index in [1.54, 1.807) is 0 Å². The van der Waals surface area contributed by atoms with Crippen LogP contribution in [0.2, 0.25) is 5.02 Å². The Balaban J connectivity index is 2.37. The summed E-state index contributed by atoms with van der Waals surface area (Å²) >= 11 is 5.79. The Hall–Kier alpha value is -1.88. The van der Waals surface area contributed by atoms with Gasteiger partial charge in [-0.1, -0.05) is 29.3 Å². The van der Waals surface area contributed by atoms with Crippen LogP contribution in [0.25, 0.3) is 0 Å². The van der Waals surface area contributed by atoms with Gasteiger partial charge in [0.1, 0.15) is 0 Å². The smallest absolute Gasteiger partial charge is 0.358 e. The number of hydrogen-bond donors (Lipinski definition) is 0. The average Bonchev–Trinajstić information content (AvgIpc) is 2.65. The average molecular weight is 280 g/mol. The summed E-state index contributed by atoms with van der Waals surface area (Å²) in [4.78, 5) is 10.1. The van der Waals surface area contributed by atoms with Crippen LogP contribution >= 0.6 is 11.6 Å². The summed E-state index contributed by atoms with van der Waals surface area (Å²) in [7, 11) is 0. The molecule has 100 valence electrons. The third-order valence-corrected chi connectivity index (χ3v) is 3.30. The van der Waals surface area contributed by atoms with E-state index in [4.69, 9.17) is 11.6 Å². The number of hydrogen-bond acceptors (Lipinski definition) is 3. The first-order valence-corrected chi connectivity index (χ1v) is 6.20. The second-order valence-electron chi connectivity index (χ2n) is 4.63. The summed E-state index contributed by atoms with van der Waals surface area (Å²) in [5.41, 5.74) is 4.60. The van der Waals surface area contributed by atoms with Crippen LogP contribution in [0.1, 0.15) is 22.3 Å². The summed E-state index contributed by atoms with van der Waals surface area (Å²) < 4.78 is 1.51. The van der Waals surface area contributed by atoms with Gasteiger partial charge in [0, 0.05) is 0 Å². The number of nitrogens with zero attached hydrogens (tertiary/aromatic N) is 3. The number of rotatable bonds is 3. The highest BCUT2D eigenvalue weighted by molar-refractivity contribution is 6.32. The summed E-state index contributed by atoms with van der Waals surface area (Å²) in [6.07, 6.45) is 1.48. The molecule has 0 radical (unpaired) electrons. The molecule has 5 nitrogen and oxygen atoms in total. The maximum Gasteiger partial charge on any atom is 0.408 e. The van der Waals surface area contributed by atoms with Gasteiger partial charge in [-0.25, -0.2) is 0 Å². The second kappa shape index (κ2) is 5.01. The monoisotopic (exact) mass is 279 g/mol. The van der Waals surface area contributed by atoms with Crippen molar-refractivity contribution in [1.29, 1.82) is 0 Å². The first-order valence-electron chi connectivity index (χ1n) is 5.82. The van der Waals surface area contributed by atoms with Crippen molar-refractivity contribution in [2.45, 2.75) is 27.3 Å². The van der Waals surface area contributed by atoms with Crippen molar-refractivity contribution in [1.82, 2.24) is 9.78 Å². The molecule has 1 heterocycles. The Labute approximate surface area is 116 Å². The van der Waals surface area contributed by atoms with Crippen LogP contribution < -0.4 is 0 Å². The van der Waals surface area contributed by atoms with Crippen molar-refractivity contribution in [2.75, 3.05) is 0 Å². The van der Waals surface area contributed by atoms with Crippen LogP contribution in [-0.4, -0.2) is 14.7 Å². The zero-order valence-corrected chi connectivity index (χ0v) is 11.7. The third-order valence-electron chi connectivity index (χ3n) is 3.03. The van der Waals surface area contributed by atoms with E-state index in [0.717, 1.165) is 16.7 Å². The number of halogens is 1. The Morgan fingerprint density at radius 1 is 1.32 bits per heavy atom. The van der Waals surface area contributed by atoms with Gasteiger partial charge in [0.05, 0.1) is 17.8 Å². The first-order chi connectivity index (χ1) is 8.88. The zero-order valence-electron chi connectivity index (χ0n) is 11.0. The summed E-state index contributed by atoms with van der Waals surface area (Å²) in [5.74, 6) is -0.302. The van der Waals surface area contributed by atoms with Crippen molar-refractivity contribution >= 4 is 17.4 Å². The van der Waals surface area contributed by atoms with Gasteiger partial charge in [0.15, 0.2) is 5.02 Å². The van der Waals surface area contributed by atoms with Crippen molar-refractivity contribution in [2.24, 2.45) is 0 Å².